The average Bonchev–Trinajstić information content (AvgIpc) is 2.53. The van der Waals surface area contributed by atoms with Crippen LogP contribution in [0.1, 0.15) is 18.1 Å². The van der Waals surface area contributed by atoms with Gasteiger partial charge in [0.15, 0.2) is 0 Å². The Morgan fingerprint density at radius 2 is 1.65 bits per heavy atom. The normalized spacial score (nSPS) is 12.3. The van der Waals surface area contributed by atoms with Gasteiger partial charge in [0.05, 0.1) is 0 Å². The van der Waals surface area contributed by atoms with E-state index >= 15 is 0 Å². The molecule has 20 heavy (non-hydrogen) atoms. The molecule has 0 spiro atoms. The highest BCUT2D eigenvalue weighted by atomic mass is 32.2. The van der Waals surface area contributed by atoms with Gasteiger partial charge in [-0.15, -0.1) is 11.8 Å². The third-order valence-corrected chi connectivity index (χ3v) is 4.52. The topological polar surface area (TPSA) is 38.0 Å². The number of hydrazine groups is 1. The second-order valence-electron chi connectivity index (χ2n) is 4.86. The van der Waals surface area contributed by atoms with Crippen LogP contribution in [0.15, 0.2) is 59.5 Å². The summed E-state index contributed by atoms with van der Waals surface area (Å²) < 4.78 is 0. The van der Waals surface area contributed by atoms with Gasteiger partial charge in [-0.2, -0.15) is 0 Å². The molecule has 106 valence electrons. The molecule has 3 heteroatoms. The summed E-state index contributed by atoms with van der Waals surface area (Å²) in [7, 11) is 0. The number of rotatable bonds is 7. The highest BCUT2D eigenvalue weighted by Crippen LogP contribution is 2.19. The second-order valence-corrected chi connectivity index (χ2v) is 5.96. The second kappa shape index (κ2) is 8.10. The van der Waals surface area contributed by atoms with Gasteiger partial charge in [0, 0.05) is 16.7 Å². The smallest absolute Gasteiger partial charge is 0.0344 e. The molecule has 0 amide bonds. The fourth-order valence-corrected chi connectivity index (χ4v) is 3.03. The lowest BCUT2D eigenvalue weighted by molar-refractivity contribution is 0.575. The number of aryl methyl sites for hydroxylation is 1. The molecule has 3 N–H and O–H groups in total. The van der Waals surface area contributed by atoms with Gasteiger partial charge >= 0.3 is 0 Å². The zero-order chi connectivity index (χ0) is 14.2. The minimum Gasteiger partial charge on any atom is -0.271 e. The molecule has 1 atom stereocenters. The Kier molecular flexibility index (Phi) is 6.12. The van der Waals surface area contributed by atoms with Crippen LogP contribution in [0.2, 0.25) is 0 Å². The maximum absolute atomic E-state index is 5.68. The van der Waals surface area contributed by atoms with Crippen molar-refractivity contribution in [3.05, 3.63) is 65.7 Å². The Labute approximate surface area is 125 Å². The highest BCUT2D eigenvalue weighted by Gasteiger charge is 2.08. The van der Waals surface area contributed by atoms with Crippen LogP contribution in [0, 0.1) is 0 Å². The van der Waals surface area contributed by atoms with Gasteiger partial charge in [-0.25, -0.2) is 0 Å². The average molecular weight is 286 g/mol. The van der Waals surface area contributed by atoms with Crippen LogP contribution in [-0.4, -0.2) is 11.8 Å². The van der Waals surface area contributed by atoms with Crippen molar-refractivity contribution in [1.29, 1.82) is 0 Å². The molecule has 0 aliphatic heterocycles. The Morgan fingerprint density at radius 1 is 1.00 bits per heavy atom. The summed E-state index contributed by atoms with van der Waals surface area (Å²) in [5.74, 6) is 6.65. The molecule has 0 aliphatic rings. The molecule has 0 heterocycles. The Balaban J connectivity index is 1.88. The van der Waals surface area contributed by atoms with Gasteiger partial charge in [-0.3, -0.25) is 11.3 Å². The summed E-state index contributed by atoms with van der Waals surface area (Å²) in [5, 5.41) is 0. The molecule has 2 aromatic rings. The van der Waals surface area contributed by atoms with Gasteiger partial charge < -0.3 is 0 Å². The van der Waals surface area contributed by atoms with E-state index in [0.29, 0.717) is 0 Å². The number of hydrogen-bond donors (Lipinski definition) is 2. The van der Waals surface area contributed by atoms with Gasteiger partial charge in [0.25, 0.3) is 0 Å². The van der Waals surface area contributed by atoms with E-state index in [9.17, 15) is 0 Å². The molecule has 0 saturated carbocycles. The van der Waals surface area contributed by atoms with Crippen LogP contribution in [0.4, 0.5) is 0 Å². The van der Waals surface area contributed by atoms with Gasteiger partial charge in [-0.05, 0) is 36.1 Å². The van der Waals surface area contributed by atoms with Crippen LogP contribution >= 0.6 is 11.8 Å². The van der Waals surface area contributed by atoms with E-state index in [-0.39, 0.29) is 6.04 Å². The van der Waals surface area contributed by atoms with Crippen molar-refractivity contribution < 1.29 is 0 Å². The fourth-order valence-electron chi connectivity index (χ4n) is 2.08. The molecule has 0 aromatic heterocycles. The fraction of sp³-hybridized carbons (Fsp3) is 0.294. The zero-order valence-corrected chi connectivity index (χ0v) is 12.7. The quantitative estimate of drug-likeness (QED) is 0.465. The van der Waals surface area contributed by atoms with Crippen molar-refractivity contribution >= 4 is 11.8 Å². The molecule has 0 radical (unpaired) electrons. The molecular formula is C17H22N2S. The van der Waals surface area contributed by atoms with E-state index in [4.69, 9.17) is 5.84 Å². The lowest BCUT2D eigenvalue weighted by atomic mass is 10.0. The van der Waals surface area contributed by atoms with E-state index in [1.165, 1.54) is 16.0 Å². The van der Waals surface area contributed by atoms with Crippen LogP contribution in [0.25, 0.3) is 0 Å². The van der Waals surface area contributed by atoms with Crippen LogP contribution in [-0.2, 0) is 12.8 Å². The third kappa shape index (κ3) is 4.67. The van der Waals surface area contributed by atoms with Crippen LogP contribution in [0.3, 0.4) is 0 Å². The molecule has 2 aromatic carbocycles. The molecule has 0 bridgehead atoms. The first kappa shape index (κ1) is 15.1. The maximum Gasteiger partial charge on any atom is 0.0344 e. The Morgan fingerprint density at radius 3 is 2.25 bits per heavy atom. The monoisotopic (exact) mass is 286 g/mol. The minimum atomic E-state index is 0.285. The number of nitrogens with one attached hydrogen (secondary N) is 1. The Bertz CT molecular complexity index is 496. The summed E-state index contributed by atoms with van der Waals surface area (Å²) in [6.45, 7) is 2.18. The Hall–Kier alpha value is -1.29. The van der Waals surface area contributed by atoms with Crippen molar-refractivity contribution in [3.8, 4) is 0 Å². The molecule has 2 rings (SSSR count). The molecule has 1 unspecified atom stereocenters. The molecule has 0 fully saturated rings. The largest absolute Gasteiger partial charge is 0.271 e. The summed E-state index contributed by atoms with van der Waals surface area (Å²) in [4.78, 5) is 1.29. The van der Waals surface area contributed by atoms with E-state index in [1.54, 1.807) is 0 Å². The van der Waals surface area contributed by atoms with Gasteiger partial charge in [-0.1, -0.05) is 49.4 Å². The van der Waals surface area contributed by atoms with Crippen molar-refractivity contribution in [1.82, 2.24) is 5.43 Å². The summed E-state index contributed by atoms with van der Waals surface area (Å²) in [5.41, 5.74) is 5.64. The van der Waals surface area contributed by atoms with Crippen molar-refractivity contribution in [3.63, 3.8) is 0 Å². The van der Waals surface area contributed by atoms with Crippen LogP contribution in [0.5, 0.6) is 0 Å². The summed E-state index contributed by atoms with van der Waals surface area (Å²) in [6.07, 6.45) is 2.04. The molecule has 0 aliphatic carbocycles. The molecular weight excluding hydrogens is 264 g/mol. The van der Waals surface area contributed by atoms with E-state index in [2.05, 4.69) is 60.9 Å². The summed E-state index contributed by atoms with van der Waals surface area (Å²) in [6, 6.07) is 19.5. The zero-order valence-electron chi connectivity index (χ0n) is 11.9. The van der Waals surface area contributed by atoms with E-state index in [1.807, 2.05) is 17.8 Å². The van der Waals surface area contributed by atoms with Gasteiger partial charge in [0.2, 0.25) is 0 Å². The summed E-state index contributed by atoms with van der Waals surface area (Å²) >= 11 is 1.84. The van der Waals surface area contributed by atoms with Crippen molar-refractivity contribution in [2.24, 2.45) is 5.84 Å². The van der Waals surface area contributed by atoms with Crippen LogP contribution < -0.4 is 11.3 Å². The van der Waals surface area contributed by atoms with E-state index < -0.39 is 0 Å². The minimum absolute atomic E-state index is 0.285. The number of hydrogen-bond acceptors (Lipinski definition) is 3. The lowest BCUT2D eigenvalue weighted by Crippen LogP contribution is -2.38. The highest BCUT2D eigenvalue weighted by molar-refractivity contribution is 7.99. The maximum atomic E-state index is 5.68. The first-order chi connectivity index (χ1) is 9.81. The van der Waals surface area contributed by atoms with Crippen molar-refractivity contribution in [2.75, 3.05) is 5.75 Å². The first-order valence-corrected chi connectivity index (χ1v) is 8.02. The number of thioether (sulfide) groups is 1. The number of benzene rings is 2. The predicted octanol–water partition coefficient (Wildman–Crippen LogP) is 3.42. The SMILES string of the molecule is CCc1ccc(CC(CSc2ccccc2)NN)cc1. The van der Waals surface area contributed by atoms with Crippen molar-refractivity contribution in [2.45, 2.75) is 30.7 Å². The lowest BCUT2D eigenvalue weighted by Gasteiger charge is -2.15. The first-order valence-electron chi connectivity index (χ1n) is 7.03. The number of nitrogens with two attached hydrogens (primary N) is 1. The van der Waals surface area contributed by atoms with E-state index in [0.717, 1.165) is 18.6 Å². The third-order valence-electron chi connectivity index (χ3n) is 3.34. The predicted molar refractivity (Wildman–Crippen MR) is 87.8 cm³/mol. The molecule has 0 saturated heterocycles. The molecule has 2 nitrogen and oxygen atoms in total. The standard InChI is InChI=1S/C17H22N2S/c1-2-14-8-10-15(11-9-14)12-16(19-18)13-20-17-6-4-3-5-7-17/h3-11,16,19H,2,12-13,18H2,1H3. The van der Waals surface area contributed by atoms with Gasteiger partial charge in [0.1, 0.15) is 0 Å².